The summed E-state index contributed by atoms with van der Waals surface area (Å²) in [4.78, 5) is 7.09. The van der Waals surface area contributed by atoms with Crippen LogP contribution in [0.2, 0.25) is 0 Å². The average molecular weight is 281 g/mol. The first-order valence-electron chi connectivity index (χ1n) is 7.84. The lowest BCUT2D eigenvalue weighted by Crippen LogP contribution is -2.22. The van der Waals surface area contributed by atoms with Gasteiger partial charge < -0.3 is 5.32 Å². The van der Waals surface area contributed by atoms with Crippen LogP contribution in [0.15, 0.2) is 48.7 Å². The van der Waals surface area contributed by atoms with Gasteiger partial charge in [0.2, 0.25) is 0 Å². The molecule has 0 unspecified atom stereocenters. The number of anilines is 1. The maximum atomic E-state index is 4.52. The zero-order valence-corrected chi connectivity index (χ0v) is 12.6. The van der Waals surface area contributed by atoms with Gasteiger partial charge in [0, 0.05) is 25.3 Å². The second-order valence-corrected chi connectivity index (χ2v) is 5.62. The summed E-state index contributed by atoms with van der Waals surface area (Å²) >= 11 is 0. The minimum absolute atomic E-state index is 0.508. The van der Waals surface area contributed by atoms with E-state index >= 15 is 0 Å². The van der Waals surface area contributed by atoms with E-state index in [0.29, 0.717) is 6.04 Å². The van der Waals surface area contributed by atoms with Gasteiger partial charge in [0.05, 0.1) is 0 Å². The van der Waals surface area contributed by atoms with Gasteiger partial charge in [-0.15, -0.1) is 0 Å². The van der Waals surface area contributed by atoms with Gasteiger partial charge in [-0.2, -0.15) is 0 Å². The molecule has 3 heteroatoms. The molecule has 0 spiro atoms. The quantitative estimate of drug-likeness (QED) is 0.902. The van der Waals surface area contributed by atoms with Crippen molar-refractivity contribution in [1.82, 2.24) is 9.88 Å². The molecule has 1 aliphatic rings. The zero-order chi connectivity index (χ0) is 14.5. The molecule has 0 radical (unpaired) electrons. The third-order valence-corrected chi connectivity index (χ3v) is 4.12. The predicted octanol–water partition coefficient (Wildman–Crippen LogP) is 3.85. The van der Waals surface area contributed by atoms with E-state index in [-0.39, 0.29) is 0 Å². The van der Waals surface area contributed by atoms with E-state index in [1.807, 2.05) is 6.20 Å². The Morgan fingerprint density at radius 3 is 2.76 bits per heavy atom. The van der Waals surface area contributed by atoms with Gasteiger partial charge in [0.25, 0.3) is 0 Å². The summed E-state index contributed by atoms with van der Waals surface area (Å²) < 4.78 is 0. The van der Waals surface area contributed by atoms with Crippen LogP contribution in [0.3, 0.4) is 0 Å². The van der Waals surface area contributed by atoms with Gasteiger partial charge in [0.1, 0.15) is 5.82 Å². The van der Waals surface area contributed by atoms with Crippen LogP contribution in [-0.2, 0) is 6.54 Å². The molecule has 0 bridgehead atoms. The lowest BCUT2D eigenvalue weighted by Gasteiger charge is -2.24. The minimum Gasteiger partial charge on any atom is -0.370 e. The van der Waals surface area contributed by atoms with E-state index in [1.165, 1.54) is 30.5 Å². The number of hydrogen-bond acceptors (Lipinski definition) is 3. The first kappa shape index (κ1) is 14.1. The second-order valence-electron chi connectivity index (χ2n) is 5.62. The van der Waals surface area contributed by atoms with E-state index in [2.05, 4.69) is 64.6 Å². The Bertz CT molecular complexity index is 550. The van der Waals surface area contributed by atoms with Gasteiger partial charge >= 0.3 is 0 Å². The van der Waals surface area contributed by atoms with Crippen LogP contribution in [0.5, 0.6) is 0 Å². The number of hydrogen-bond donors (Lipinski definition) is 1. The summed E-state index contributed by atoms with van der Waals surface area (Å²) in [6.07, 6.45) is 4.54. The second kappa shape index (κ2) is 6.72. The van der Waals surface area contributed by atoms with Crippen molar-refractivity contribution in [2.75, 3.05) is 18.4 Å². The maximum absolute atomic E-state index is 4.52. The van der Waals surface area contributed by atoms with Crippen molar-refractivity contribution in [2.45, 2.75) is 32.4 Å². The molecule has 0 aliphatic carbocycles. The number of nitrogens with one attached hydrogen (secondary N) is 1. The fourth-order valence-electron chi connectivity index (χ4n) is 3.10. The van der Waals surface area contributed by atoms with Crippen molar-refractivity contribution in [3.8, 4) is 0 Å². The number of aromatic nitrogens is 1. The molecule has 1 N–H and O–H groups in total. The molecule has 2 aromatic rings. The van der Waals surface area contributed by atoms with Crippen molar-refractivity contribution >= 4 is 5.82 Å². The van der Waals surface area contributed by atoms with Crippen LogP contribution in [0.25, 0.3) is 0 Å². The lowest BCUT2D eigenvalue weighted by molar-refractivity contribution is 0.248. The SMILES string of the molecule is CCNc1ccc([C@H]2CCCN2Cc2ccccc2)cn1. The highest BCUT2D eigenvalue weighted by Crippen LogP contribution is 2.33. The molecule has 21 heavy (non-hydrogen) atoms. The van der Waals surface area contributed by atoms with E-state index < -0.39 is 0 Å². The van der Waals surface area contributed by atoms with Gasteiger partial charge in [0.15, 0.2) is 0 Å². The smallest absolute Gasteiger partial charge is 0.125 e. The van der Waals surface area contributed by atoms with Crippen molar-refractivity contribution in [3.63, 3.8) is 0 Å². The van der Waals surface area contributed by atoms with Crippen molar-refractivity contribution in [1.29, 1.82) is 0 Å². The summed E-state index contributed by atoms with van der Waals surface area (Å²) in [7, 11) is 0. The molecule has 1 aromatic carbocycles. The van der Waals surface area contributed by atoms with Crippen LogP contribution >= 0.6 is 0 Å². The van der Waals surface area contributed by atoms with Crippen molar-refractivity contribution < 1.29 is 0 Å². The standard InChI is InChI=1S/C18H23N3/c1-2-19-18-11-10-16(13-20-18)17-9-6-12-21(17)14-15-7-4-3-5-8-15/h3-5,7-8,10-11,13,17H,2,6,9,12,14H2,1H3,(H,19,20)/t17-/m1/s1. The number of likely N-dealkylation sites (tertiary alicyclic amines) is 1. The highest BCUT2D eigenvalue weighted by molar-refractivity contribution is 5.36. The van der Waals surface area contributed by atoms with Crippen LogP contribution in [-0.4, -0.2) is 23.0 Å². The Morgan fingerprint density at radius 2 is 2.05 bits per heavy atom. The number of pyridine rings is 1. The predicted molar refractivity (Wildman–Crippen MR) is 87.2 cm³/mol. The molecule has 1 aromatic heterocycles. The molecule has 110 valence electrons. The third-order valence-electron chi connectivity index (χ3n) is 4.12. The fraction of sp³-hybridized carbons (Fsp3) is 0.389. The van der Waals surface area contributed by atoms with E-state index in [9.17, 15) is 0 Å². The summed E-state index contributed by atoms with van der Waals surface area (Å²) in [5, 5.41) is 3.25. The summed E-state index contributed by atoms with van der Waals surface area (Å²) in [6, 6.07) is 15.6. The number of nitrogens with zero attached hydrogens (tertiary/aromatic N) is 2. The highest BCUT2D eigenvalue weighted by Gasteiger charge is 2.26. The lowest BCUT2D eigenvalue weighted by atomic mass is 10.1. The summed E-state index contributed by atoms with van der Waals surface area (Å²) in [5.74, 6) is 0.967. The molecule has 0 saturated carbocycles. The van der Waals surface area contributed by atoms with Crippen molar-refractivity contribution in [3.05, 3.63) is 59.8 Å². The van der Waals surface area contributed by atoms with E-state index in [4.69, 9.17) is 0 Å². The Hall–Kier alpha value is -1.87. The van der Waals surface area contributed by atoms with E-state index in [0.717, 1.165) is 18.9 Å². The van der Waals surface area contributed by atoms with Crippen LogP contribution in [0.1, 0.15) is 36.9 Å². The first-order chi connectivity index (χ1) is 10.4. The molecule has 1 fully saturated rings. The molecule has 1 aliphatic heterocycles. The molecule has 3 nitrogen and oxygen atoms in total. The third kappa shape index (κ3) is 3.42. The average Bonchev–Trinajstić information content (AvgIpc) is 2.98. The molecule has 3 rings (SSSR count). The van der Waals surface area contributed by atoms with Gasteiger partial charge in [-0.05, 0) is 43.5 Å². The highest BCUT2D eigenvalue weighted by atomic mass is 15.2. The normalized spacial score (nSPS) is 18.8. The molecular weight excluding hydrogens is 258 g/mol. The Labute approximate surface area is 127 Å². The molecule has 0 amide bonds. The van der Waals surface area contributed by atoms with Crippen LogP contribution < -0.4 is 5.32 Å². The van der Waals surface area contributed by atoms with Crippen molar-refractivity contribution in [2.24, 2.45) is 0 Å². The summed E-state index contributed by atoms with van der Waals surface area (Å²) in [6.45, 7) is 5.21. The van der Waals surface area contributed by atoms with Gasteiger partial charge in [-0.1, -0.05) is 36.4 Å². The Morgan fingerprint density at radius 1 is 1.19 bits per heavy atom. The van der Waals surface area contributed by atoms with Gasteiger partial charge in [-0.3, -0.25) is 4.90 Å². The van der Waals surface area contributed by atoms with E-state index in [1.54, 1.807) is 0 Å². The Balaban J connectivity index is 1.71. The fourth-order valence-corrected chi connectivity index (χ4v) is 3.10. The molecular formula is C18H23N3. The Kier molecular flexibility index (Phi) is 4.51. The number of benzene rings is 1. The van der Waals surface area contributed by atoms with Gasteiger partial charge in [-0.25, -0.2) is 4.98 Å². The molecule has 1 atom stereocenters. The zero-order valence-electron chi connectivity index (χ0n) is 12.6. The molecule has 1 saturated heterocycles. The largest absolute Gasteiger partial charge is 0.370 e. The number of rotatable bonds is 5. The molecule has 2 heterocycles. The van der Waals surface area contributed by atoms with Crippen LogP contribution in [0, 0.1) is 0 Å². The first-order valence-corrected chi connectivity index (χ1v) is 7.84. The van der Waals surface area contributed by atoms with Crippen LogP contribution in [0.4, 0.5) is 5.82 Å². The summed E-state index contributed by atoms with van der Waals surface area (Å²) in [5.41, 5.74) is 2.73. The topological polar surface area (TPSA) is 28.2 Å². The monoisotopic (exact) mass is 281 g/mol. The minimum atomic E-state index is 0.508. The maximum Gasteiger partial charge on any atom is 0.125 e.